The third-order valence-electron chi connectivity index (χ3n) is 4.38. The van der Waals surface area contributed by atoms with E-state index >= 15 is 0 Å². The van der Waals surface area contributed by atoms with Gasteiger partial charge in [0.05, 0.1) is 0 Å². The van der Waals surface area contributed by atoms with E-state index in [9.17, 15) is 0 Å². The number of hydrogen-bond donors (Lipinski definition) is 2. The van der Waals surface area contributed by atoms with Gasteiger partial charge in [0.1, 0.15) is 5.82 Å². The molecule has 0 amide bonds. The molecule has 106 valence electrons. The number of anilines is 1. The molecule has 0 spiro atoms. The number of hydrogen-bond acceptors (Lipinski definition) is 3. The summed E-state index contributed by atoms with van der Waals surface area (Å²) in [5.41, 5.74) is 8.49. The fourth-order valence-electron chi connectivity index (χ4n) is 3.22. The van der Waals surface area contributed by atoms with Crippen molar-refractivity contribution in [1.29, 1.82) is 0 Å². The van der Waals surface area contributed by atoms with E-state index in [0.29, 0.717) is 17.8 Å². The Morgan fingerprint density at radius 2 is 2.05 bits per heavy atom. The van der Waals surface area contributed by atoms with Crippen LogP contribution in [-0.2, 0) is 0 Å². The number of rotatable bonds is 4. The van der Waals surface area contributed by atoms with E-state index in [4.69, 9.17) is 5.73 Å². The maximum Gasteiger partial charge on any atom is 0.128 e. The van der Waals surface area contributed by atoms with Crippen LogP contribution in [0.2, 0.25) is 0 Å². The lowest BCUT2D eigenvalue weighted by Crippen LogP contribution is -2.31. The Hall–Kier alpha value is -1.09. The van der Waals surface area contributed by atoms with Gasteiger partial charge in [-0.1, -0.05) is 26.7 Å². The summed E-state index contributed by atoms with van der Waals surface area (Å²) in [4.78, 5) is 4.33. The van der Waals surface area contributed by atoms with Crippen molar-refractivity contribution in [1.82, 2.24) is 10.3 Å². The highest BCUT2D eigenvalue weighted by atomic mass is 14.9. The highest BCUT2D eigenvalue weighted by Crippen LogP contribution is 2.38. The standard InChI is InChI=1S/C16H27N3/c1-4-18-15(13-7-5-11(2)6-8-13)14-9-12(3)10-19-16(14)17/h9-11,13,15,18H,4-8H2,1-3H3,(H2,17,19). The average molecular weight is 261 g/mol. The first-order chi connectivity index (χ1) is 9.11. The van der Waals surface area contributed by atoms with Crippen molar-refractivity contribution in [3.05, 3.63) is 23.4 Å². The van der Waals surface area contributed by atoms with Crippen molar-refractivity contribution in [2.24, 2.45) is 11.8 Å². The van der Waals surface area contributed by atoms with E-state index in [2.05, 4.69) is 37.1 Å². The molecule has 0 aromatic carbocycles. The van der Waals surface area contributed by atoms with Crippen LogP contribution in [0.5, 0.6) is 0 Å². The Morgan fingerprint density at radius 3 is 2.68 bits per heavy atom. The molecular weight excluding hydrogens is 234 g/mol. The summed E-state index contributed by atoms with van der Waals surface area (Å²) in [6.45, 7) is 7.59. The Morgan fingerprint density at radius 1 is 1.37 bits per heavy atom. The molecule has 0 saturated heterocycles. The summed E-state index contributed by atoms with van der Waals surface area (Å²) in [7, 11) is 0. The summed E-state index contributed by atoms with van der Waals surface area (Å²) in [6, 6.07) is 2.57. The number of aromatic nitrogens is 1. The molecule has 1 aliphatic rings. The number of nitrogens with zero attached hydrogens (tertiary/aromatic N) is 1. The smallest absolute Gasteiger partial charge is 0.128 e. The van der Waals surface area contributed by atoms with Crippen LogP contribution in [0.1, 0.15) is 56.7 Å². The van der Waals surface area contributed by atoms with E-state index in [-0.39, 0.29) is 0 Å². The molecule has 1 saturated carbocycles. The molecule has 19 heavy (non-hydrogen) atoms. The maximum absolute atomic E-state index is 6.10. The van der Waals surface area contributed by atoms with Gasteiger partial charge in [0.25, 0.3) is 0 Å². The van der Waals surface area contributed by atoms with Crippen LogP contribution in [0.25, 0.3) is 0 Å². The molecule has 1 aromatic heterocycles. The molecule has 1 fully saturated rings. The summed E-state index contributed by atoms with van der Waals surface area (Å²) in [5, 5.41) is 3.63. The van der Waals surface area contributed by atoms with Crippen molar-refractivity contribution in [3.8, 4) is 0 Å². The minimum atomic E-state index is 0.366. The third kappa shape index (κ3) is 3.47. The highest BCUT2D eigenvalue weighted by molar-refractivity contribution is 5.43. The zero-order chi connectivity index (χ0) is 13.8. The van der Waals surface area contributed by atoms with Gasteiger partial charge in [-0.2, -0.15) is 0 Å². The summed E-state index contributed by atoms with van der Waals surface area (Å²) in [5.74, 6) is 2.27. The number of pyridine rings is 1. The van der Waals surface area contributed by atoms with Crippen LogP contribution in [0.3, 0.4) is 0 Å². The first kappa shape index (κ1) is 14.3. The van der Waals surface area contributed by atoms with Crippen LogP contribution >= 0.6 is 0 Å². The molecule has 3 N–H and O–H groups in total. The molecular formula is C16H27N3. The molecule has 2 rings (SSSR count). The fraction of sp³-hybridized carbons (Fsp3) is 0.688. The summed E-state index contributed by atoms with van der Waals surface area (Å²) >= 11 is 0. The second kappa shape index (κ2) is 6.38. The second-order valence-corrected chi connectivity index (χ2v) is 6.04. The molecule has 0 aliphatic heterocycles. The SMILES string of the molecule is CCNC(c1cc(C)cnc1N)C1CCC(C)CC1. The van der Waals surface area contributed by atoms with Crippen molar-refractivity contribution >= 4 is 5.82 Å². The molecule has 1 atom stereocenters. The fourth-order valence-corrected chi connectivity index (χ4v) is 3.22. The van der Waals surface area contributed by atoms with E-state index in [1.54, 1.807) is 0 Å². The van der Waals surface area contributed by atoms with Crippen LogP contribution < -0.4 is 11.1 Å². The first-order valence-corrected chi connectivity index (χ1v) is 7.57. The van der Waals surface area contributed by atoms with Crippen LogP contribution in [0, 0.1) is 18.8 Å². The van der Waals surface area contributed by atoms with Gasteiger partial charge in [0, 0.05) is 17.8 Å². The number of nitrogen functional groups attached to an aromatic ring is 1. The molecule has 1 unspecified atom stereocenters. The third-order valence-corrected chi connectivity index (χ3v) is 4.38. The normalized spacial score (nSPS) is 25.2. The Labute approximate surface area is 117 Å². The number of aryl methyl sites for hydroxylation is 1. The first-order valence-electron chi connectivity index (χ1n) is 7.57. The van der Waals surface area contributed by atoms with Crippen LogP contribution in [0.15, 0.2) is 12.3 Å². The van der Waals surface area contributed by atoms with E-state index in [1.807, 2.05) is 6.20 Å². The van der Waals surface area contributed by atoms with Crippen molar-refractivity contribution in [3.63, 3.8) is 0 Å². The molecule has 1 aliphatic carbocycles. The molecule has 3 nitrogen and oxygen atoms in total. The largest absolute Gasteiger partial charge is 0.383 e. The van der Waals surface area contributed by atoms with Gasteiger partial charge in [0.15, 0.2) is 0 Å². The molecule has 1 heterocycles. The van der Waals surface area contributed by atoms with Crippen LogP contribution in [-0.4, -0.2) is 11.5 Å². The van der Waals surface area contributed by atoms with Gasteiger partial charge in [0.2, 0.25) is 0 Å². The van der Waals surface area contributed by atoms with E-state index in [1.165, 1.54) is 36.8 Å². The molecule has 3 heteroatoms. The quantitative estimate of drug-likeness (QED) is 0.873. The van der Waals surface area contributed by atoms with Gasteiger partial charge >= 0.3 is 0 Å². The van der Waals surface area contributed by atoms with Gasteiger partial charge in [-0.05, 0) is 49.8 Å². The average Bonchev–Trinajstić information content (AvgIpc) is 2.40. The zero-order valence-electron chi connectivity index (χ0n) is 12.4. The lowest BCUT2D eigenvalue weighted by Gasteiger charge is -2.34. The zero-order valence-corrected chi connectivity index (χ0v) is 12.4. The predicted molar refractivity (Wildman–Crippen MR) is 80.9 cm³/mol. The highest BCUT2D eigenvalue weighted by Gasteiger charge is 2.28. The Kier molecular flexibility index (Phi) is 4.81. The van der Waals surface area contributed by atoms with E-state index in [0.717, 1.165) is 12.5 Å². The predicted octanol–water partition coefficient (Wildman–Crippen LogP) is 3.45. The van der Waals surface area contributed by atoms with Crippen molar-refractivity contribution in [2.45, 2.75) is 52.5 Å². The van der Waals surface area contributed by atoms with Gasteiger partial charge in [-0.3, -0.25) is 0 Å². The maximum atomic E-state index is 6.10. The second-order valence-electron chi connectivity index (χ2n) is 6.04. The van der Waals surface area contributed by atoms with Gasteiger partial charge in [-0.15, -0.1) is 0 Å². The van der Waals surface area contributed by atoms with Crippen molar-refractivity contribution < 1.29 is 0 Å². The monoisotopic (exact) mass is 261 g/mol. The Bertz CT molecular complexity index is 408. The summed E-state index contributed by atoms with van der Waals surface area (Å²) < 4.78 is 0. The topological polar surface area (TPSA) is 50.9 Å². The minimum absolute atomic E-state index is 0.366. The summed E-state index contributed by atoms with van der Waals surface area (Å²) in [6.07, 6.45) is 7.13. The Balaban J connectivity index is 2.21. The van der Waals surface area contributed by atoms with Crippen LogP contribution in [0.4, 0.5) is 5.82 Å². The lowest BCUT2D eigenvalue weighted by atomic mass is 9.77. The number of nitrogens with two attached hydrogens (primary N) is 1. The minimum Gasteiger partial charge on any atom is -0.383 e. The molecule has 0 radical (unpaired) electrons. The lowest BCUT2D eigenvalue weighted by molar-refractivity contribution is 0.233. The van der Waals surface area contributed by atoms with Gasteiger partial charge < -0.3 is 11.1 Å². The van der Waals surface area contributed by atoms with E-state index < -0.39 is 0 Å². The molecule has 0 bridgehead atoms. The van der Waals surface area contributed by atoms with Gasteiger partial charge in [-0.25, -0.2) is 4.98 Å². The molecule has 1 aromatic rings. The number of nitrogens with one attached hydrogen (secondary N) is 1. The van der Waals surface area contributed by atoms with Crippen molar-refractivity contribution in [2.75, 3.05) is 12.3 Å².